The number of benzene rings is 2. The Morgan fingerprint density at radius 1 is 1.19 bits per heavy atom. The SMILES string of the molecule is COc1ccc(-n2ccc(/C=N/NC(=O)COc3cccc(Cl)c3)c2)cc1. The average Bonchev–Trinajstić information content (AvgIpc) is 3.15. The summed E-state index contributed by atoms with van der Waals surface area (Å²) in [6.07, 6.45) is 5.38. The number of rotatable bonds is 7. The Bertz CT molecular complexity index is 936. The number of hydrogen-bond donors (Lipinski definition) is 1. The summed E-state index contributed by atoms with van der Waals surface area (Å²) in [5.41, 5.74) is 4.27. The molecule has 0 atom stereocenters. The highest BCUT2D eigenvalue weighted by Gasteiger charge is 2.02. The van der Waals surface area contributed by atoms with Crippen molar-refractivity contribution in [2.75, 3.05) is 13.7 Å². The van der Waals surface area contributed by atoms with Crippen molar-refractivity contribution in [3.8, 4) is 17.2 Å². The maximum Gasteiger partial charge on any atom is 0.277 e. The van der Waals surface area contributed by atoms with Crippen LogP contribution >= 0.6 is 11.6 Å². The van der Waals surface area contributed by atoms with E-state index in [4.69, 9.17) is 21.1 Å². The summed E-state index contributed by atoms with van der Waals surface area (Å²) in [5, 5.41) is 4.49. The van der Waals surface area contributed by atoms with Gasteiger partial charge >= 0.3 is 0 Å². The molecule has 138 valence electrons. The first kappa shape index (κ1) is 18.5. The standard InChI is InChI=1S/C20H18ClN3O3/c1-26-18-7-5-17(6-8-18)24-10-9-15(13-24)12-22-23-20(25)14-27-19-4-2-3-16(21)11-19/h2-13H,14H2,1H3,(H,23,25)/b22-12+. The van der Waals surface area contributed by atoms with Gasteiger partial charge in [-0.25, -0.2) is 5.43 Å². The molecule has 3 rings (SSSR count). The van der Waals surface area contributed by atoms with E-state index < -0.39 is 0 Å². The maximum atomic E-state index is 11.8. The number of hydrogen-bond acceptors (Lipinski definition) is 4. The van der Waals surface area contributed by atoms with Gasteiger partial charge in [-0.1, -0.05) is 17.7 Å². The van der Waals surface area contributed by atoms with Crippen molar-refractivity contribution in [3.05, 3.63) is 77.6 Å². The highest BCUT2D eigenvalue weighted by atomic mass is 35.5. The molecule has 0 fully saturated rings. The number of carbonyl (C=O) groups is 1. The lowest BCUT2D eigenvalue weighted by molar-refractivity contribution is -0.123. The van der Waals surface area contributed by atoms with Gasteiger partial charge in [-0.2, -0.15) is 5.10 Å². The molecule has 0 aliphatic heterocycles. The lowest BCUT2D eigenvalue weighted by Crippen LogP contribution is -2.24. The van der Waals surface area contributed by atoms with Crippen LogP contribution in [-0.4, -0.2) is 30.4 Å². The zero-order chi connectivity index (χ0) is 19.1. The number of methoxy groups -OCH3 is 1. The fourth-order valence-electron chi connectivity index (χ4n) is 2.32. The number of ether oxygens (including phenoxy) is 2. The fraction of sp³-hybridized carbons (Fsp3) is 0.100. The predicted molar refractivity (Wildman–Crippen MR) is 105 cm³/mol. The number of nitrogens with zero attached hydrogens (tertiary/aromatic N) is 2. The van der Waals surface area contributed by atoms with E-state index in [0.29, 0.717) is 10.8 Å². The second-order valence-corrected chi connectivity index (χ2v) is 6.03. The quantitative estimate of drug-likeness (QED) is 0.500. The van der Waals surface area contributed by atoms with Crippen molar-refractivity contribution in [2.24, 2.45) is 5.10 Å². The summed E-state index contributed by atoms with van der Waals surface area (Å²) in [4.78, 5) is 11.8. The second-order valence-electron chi connectivity index (χ2n) is 5.59. The zero-order valence-electron chi connectivity index (χ0n) is 14.6. The van der Waals surface area contributed by atoms with Gasteiger partial charge in [0, 0.05) is 28.7 Å². The average molecular weight is 384 g/mol. The van der Waals surface area contributed by atoms with E-state index in [1.807, 2.05) is 47.3 Å². The molecule has 0 radical (unpaired) electrons. The Kier molecular flexibility index (Phi) is 6.12. The molecular formula is C20H18ClN3O3. The van der Waals surface area contributed by atoms with Crippen molar-refractivity contribution in [1.82, 2.24) is 9.99 Å². The molecule has 2 aromatic carbocycles. The second kappa shape index (κ2) is 8.91. The maximum absolute atomic E-state index is 11.8. The van der Waals surface area contributed by atoms with Gasteiger partial charge < -0.3 is 14.0 Å². The van der Waals surface area contributed by atoms with Gasteiger partial charge in [0.15, 0.2) is 6.61 Å². The Balaban J connectivity index is 1.50. The van der Waals surface area contributed by atoms with Gasteiger partial charge in [0.05, 0.1) is 13.3 Å². The van der Waals surface area contributed by atoms with Gasteiger partial charge in [-0.3, -0.25) is 4.79 Å². The third-order valence-electron chi connectivity index (χ3n) is 3.66. The zero-order valence-corrected chi connectivity index (χ0v) is 15.4. The van der Waals surface area contributed by atoms with E-state index >= 15 is 0 Å². The third-order valence-corrected chi connectivity index (χ3v) is 3.89. The Morgan fingerprint density at radius 3 is 2.74 bits per heavy atom. The third kappa shape index (κ3) is 5.36. The molecule has 0 spiro atoms. The van der Waals surface area contributed by atoms with Crippen LogP contribution in [0.4, 0.5) is 0 Å². The molecule has 0 unspecified atom stereocenters. The van der Waals surface area contributed by atoms with Crippen molar-refractivity contribution < 1.29 is 14.3 Å². The van der Waals surface area contributed by atoms with E-state index in [0.717, 1.165) is 17.0 Å². The van der Waals surface area contributed by atoms with Crippen LogP contribution in [0.2, 0.25) is 5.02 Å². The smallest absolute Gasteiger partial charge is 0.277 e. The summed E-state index contributed by atoms with van der Waals surface area (Å²) < 4.78 is 12.4. The summed E-state index contributed by atoms with van der Waals surface area (Å²) in [6.45, 7) is -0.148. The van der Waals surface area contributed by atoms with Crippen molar-refractivity contribution in [3.63, 3.8) is 0 Å². The van der Waals surface area contributed by atoms with Gasteiger partial charge in [-0.05, 0) is 48.5 Å². The minimum absolute atomic E-state index is 0.148. The molecule has 1 N–H and O–H groups in total. The van der Waals surface area contributed by atoms with Crippen LogP contribution in [0.15, 0.2) is 72.1 Å². The monoisotopic (exact) mass is 383 g/mol. The number of nitrogens with one attached hydrogen (secondary N) is 1. The summed E-state index contributed by atoms with van der Waals surface area (Å²) >= 11 is 5.86. The van der Waals surface area contributed by atoms with Crippen LogP contribution in [0.5, 0.6) is 11.5 Å². The fourth-order valence-corrected chi connectivity index (χ4v) is 2.50. The number of hydrazone groups is 1. The van der Waals surface area contributed by atoms with Crippen molar-refractivity contribution in [2.45, 2.75) is 0 Å². The normalized spacial score (nSPS) is 10.7. The van der Waals surface area contributed by atoms with Crippen LogP contribution in [0.1, 0.15) is 5.56 Å². The summed E-state index contributed by atoms with van der Waals surface area (Å²) in [7, 11) is 1.63. The summed E-state index contributed by atoms with van der Waals surface area (Å²) in [6, 6.07) is 16.4. The molecular weight excluding hydrogens is 366 g/mol. The largest absolute Gasteiger partial charge is 0.497 e. The van der Waals surface area contributed by atoms with E-state index in [1.54, 1.807) is 37.6 Å². The molecule has 3 aromatic rings. The molecule has 0 aliphatic carbocycles. The van der Waals surface area contributed by atoms with Crippen LogP contribution in [0.25, 0.3) is 5.69 Å². The molecule has 0 bridgehead atoms. The van der Waals surface area contributed by atoms with E-state index in [9.17, 15) is 4.79 Å². The van der Waals surface area contributed by atoms with Crippen LogP contribution in [0, 0.1) is 0 Å². The van der Waals surface area contributed by atoms with Crippen molar-refractivity contribution in [1.29, 1.82) is 0 Å². The Hall–Kier alpha value is -3.25. The lowest BCUT2D eigenvalue weighted by Gasteiger charge is -2.05. The van der Waals surface area contributed by atoms with Crippen molar-refractivity contribution >= 4 is 23.7 Å². The van der Waals surface area contributed by atoms with Crippen LogP contribution in [0.3, 0.4) is 0 Å². The van der Waals surface area contributed by atoms with Crippen LogP contribution in [-0.2, 0) is 4.79 Å². The van der Waals surface area contributed by atoms with Crippen LogP contribution < -0.4 is 14.9 Å². The van der Waals surface area contributed by atoms with E-state index in [-0.39, 0.29) is 12.5 Å². The number of amides is 1. The van der Waals surface area contributed by atoms with Gasteiger partial charge in [0.25, 0.3) is 5.91 Å². The molecule has 0 saturated heterocycles. The molecule has 1 heterocycles. The highest BCUT2D eigenvalue weighted by Crippen LogP contribution is 2.17. The van der Waals surface area contributed by atoms with Gasteiger partial charge in [0.2, 0.25) is 0 Å². The minimum atomic E-state index is -0.360. The molecule has 27 heavy (non-hydrogen) atoms. The number of halogens is 1. The first-order valence-electron chi connectivity index (χ1n) is 8.17. The molecule has 0 saturated carbocycles. The lowest BCUT2D eigenvalue weighted by atomic mass is 10.3. The molecule has 1 amide bonds. The molecule has 1 aromatic heterocycles. The Morgan fingerprint density at radius 2 is 2.00 bits per heavy atom. The number of aromatic nitrogens is 1. The minimum Gasteiger partial charge on any atom is -0.497 e. The Labute approximate surface area is 162 Å². The van der Waals surface area contributed by atoms with Gasteiger partial charge in [0.1, 0.15) is 11.5 Å². The van der Waals surface area contributed by atoms with E-state index in [2.05, 4.69) is 10.5 Å². The van der Waals surface area contributed by atoms with Gasteiger partial charge in [-0.15, -0.1) is 0 Å². The summed E-state index contributed by atoms with van der Waals surface area (Å²) in [5.74, 6) is 0.967. The highest BCUT2D eigenvalue weighted by molar-refractivity contribution is 6.30. The first-order valence-corrected chi connectivity index (χ1v) is 8.54. The topological polar surface area (TPSA) is 64.8 Å². The van der Waals surface area contributed by atoms with E-state index in [1.165, 1.54) is 0 Å². The predicted octanol–water partition coefficient (Wildman–Crippen LogP) is 3.67. The first-order chi connectivity index (χ1) is 13.1. The molecule has 7 heteroatoms. The molecule has 6 nitrogen and oxygen atoms in total. The number of carbonyl (C=O) groups excluding carboxylic acids is 1. The molecule has 0 aliphatic rings.